The molecular formula is C15H14Cl2FNS. The van der Waals surface area contributed by atoms with Crippen LogP contribution >= 0.6 is 35.0 Å². The van der Waals surface area contributed by atoms with Crippen LogP contribution in [0.3, 0.4) is 0 Å². The highest BCUT2D eigenvalue weighted by molar-refractivity contribution is 7.99. The number of halogens is 3. The summed E-state index contributed by atoms with van der Waals surface area (Å²) in [6.07, 6.45) is 0.465. The molecule has 0 spiro atoms. The van der Waals surface area contributed by atoms with E-state index in [0.29, 0.717) is 22.8 Å². The van der Waals surface area contributed by atoms with E-state index in [-0.39, 0.29) is 16.9 Å². The lowest BCUT2D eigenvalue weighted by molar-refractivity contribution is 0.598. The fraction of sp³-hybridized carbons (Fsp3) is 0.200. The Morgan fingerprint density at radius 1 is 1.10 bits per heavy atom. The molecule has 1 atom stereocenters. The highest BCUT2D eigenvalue weighted by atomic mass is 35.5. The molecule has 0 radical (unpaired) electrons. The molecule has 0 aliphatic rings. The molecule has 2 rings (SSSR count). The minimum atomic E-state index is -0.374. The Bertz CT molecular complexity index is 575. The Labute approximate surface area is 132 Å². The van der Waals surface area contributed by atoms with Crippen LogP contribution in [0.1, 0.15) is 5.56 Å². The van der Waals surface area contributed by atoms with Crippen molar-refractivity contribution in [1.82, 2.24) is 0 Å². The number of thioether (sulfide) groups is 1. The van der Waals surface area contributed by atoms with Crippen LogP contribution in [0.4, 0.5) is 4.39 Å². The van der Waals surface area contributed by atoms with Crippen molar-refractivity contribution in [3.8, 4) is 0 Å². The van der Waals surface area contributed by atoms with Crippen molar-refractivity contribution in [2.75, 3.05) is 5.75 Å². The van der Waals surface area contributed by atoms with Gasteiger partial charge in [0, 0.05) is 21.7 Å². The highest BCUT2D eigenvalue weighted by Crippen LogP contribution is 2.23. The third-order valence-electron chi connectivity index (χ3n) is 2.79. The summed E-state index contributed by atoms with van der Waals surface area (Å²) in [7, 11) is 0. The first-order valence-corrected chi connectivity index (χ1v) is 7.87. The van der Waals surface area contributed by atoms with Gasteiger partial charge in [-0.25, -0.2) is 4.39 Å². The molecule has 1 unspecified atom stereocenters. The van der Waals surface area contributed by atoms with E-state index in [9.17, 15) is 4.39 Å². The largest absolute Gasteiger partial charge is 0.327 e. The molecule has 2 N–H and O–H groups in total. The number of benzene rings is 2. The summed E-state index contributed by atoms with van der Waals surface area (Å²) in [6.45, 7) is 0. The zero-order valence-corrected chi connectivity index (χ0v) is 13.0. The standard InChI is InChI=1S/C15H14Cl2FNS/c16-11-4-6-13(7-5-11)20-9-12(19)8-10-2-1-3-14(17)15(10)18/h1-7,12H,8-9,19H2. The van der Waals surface area contributed by atoms with Gasteiger partial charge < -0.3 is 5.73 Å². The lowest BCUT2D eigenvalue weighted by atomic mass is 10.1. The van der Waals surface area contributed by atoms with Crippen molar-refractivity contribution in [3.63, 3.8) is 0 Å². The molecule has 0 saturated carbocycles. The summed E-state index contributed by atoms with van der Waals surface area (Å²) in [5, 5.41) is 0.847. The second-order valence-corrected chi connectivity index (χ2v) is 6.38. The van der Waals surface area contributed by atoms with Gasteiger partial charge in [-0.2, -0.15) is 0 Å². The topological polar surface area (TPSA) is 26.0 Å². The quantitative estimate of drug-likeness (QED) is 0.798. The number of hydrogen-bond donors (Lipinski definition) is 1. The summed E-state index contributed by atoms with van der Waals surface area (Å²) in [5.41, 5.74) is 6.60. The average molecular weight is 330 g/mol. The van der Waals surface area contributed by atoms with Gasteiger partial charge in [0.05, 0.1) is 5.02 Å². The van der Waals surface area contributed by atoms with Gasteiger partial charge in [-0.05, 0) is 42.3 Å². The minimum absolute atomic E-state index is 0.136. The molecule has 0 saturated heterocycles. The lowest BCUT2D eigenvalue weighted by Crippen LogP contribution is -2.26. The van der Waals surface area contributed by atoms with Crippen LogP contribution in [-0.2, 0) is 6.42 Å². The molecule has 106 valence electrons. The highest BCUT2D eigenvalue weighted by Gasteiger charge is 2.11. The van der Waals surface area contributed by atoms with E-state index in [1.54, 1.807) is 23.9 Å². The Hall–Kier alpha value is -0.740. The maximum atomic E-state index is 13.8. The molecule has 0 amide bonds. The van der Waals surface area contributed by atoms with E-state index in [2.05, 4.69) is 0 Å². The summed E-state index contributed by atoms with van der Waals surface area (Å²) in [5.74, 6) is 0.328. The van der Waals surface area contributed by atoms with Gasteiger partial charge in [0.15, 0.2) is 0 Å². The molecular weight excluding hydrogens is 316 g/mol. The van der Waals surface area contributed by atoms with Gasteiger partial charge in [-0.1, -0.05) is 35.3 Å². The van der Waals surface area contributed by atoms with Gasteiger partial charge in [0.1, 0.15) is 5.82 Å². The third kappa shape index (κ3) is 4.38. The fourth-order valence-electron chi connectivity index (χ4n) is 1.78. The van der Waals surface area contributed by atoms with Crippen molar-refractivity contribution in [2.24, 2.45) is 5.73 Å². The Morgan fingerprint density at radius 3 is 2.50 bits per heavy atom. The first-order chi connectivity index (χ1) is 9.56. The predicted molar refractivity (Wildman–Crippen MR) is 85.3 cm³/mol. The summed E-state index contributed by atoms with van der Waals surface area (Å²) >= 11 is 13.2. The van der Waals surface area contributed by atoms with Crippen LogP contribution in [0.15, 0.2) is 47.4 Å². The molecule has 0 heterocycles. The lowest BCUT2D eigenvalue weighted by Gasteiger charge is -2.12. The summed E-state index contributed by atoms with van der Waals surface area (Å²) in [6, 6.07) is 12.4. The zero-order valence-electron chi connectivity index (χ0n) is 10.7. The first-order valence-electron chi connectivity index (χ1n) is 6.13. The predicted octanol–water partition coefficient (Wildman–Crippen LogP) is 4.79. The number of hydrogen-bond acceptors (Lipinski definition) is 2. The molecule has 2 aromatic rings. The molecule has 20 heavy (non-hydrogen) atoms. The average Bonchev–Trinajstić information content (AvgIpc) is 2.43. The summed E-state index contributed by atoms with van der Waals surface area (Å²) < 4.78 is 13.8. The normalized spacial score (nSPS) is 12.4. The van der Waals surface area contributed by atoms with Crippen molar-refractivity contribution in [2.45, 2.75) is 17.4 Å². The van der Waals surface area contributed by atoms with E-state index in [4.69, 9.17) is 28.9 Å². The molecule has 0 fully saturated rings. The van der Waals surface area contributed by atoms with Crippen LogP contribution in [0.5, 0.6) is 0 Å². The summed E-state index contributed by atoms with van der Waals surface area (Å²) in [4.78, 5) is 1.09. The van der Waals surface area contributed by atoms with Gasteiger partial charge in [0.25, 0.3) is 0 Å². The number of nitrogens with two attached hydrogens (primary N) is 1. The zero-order chi connectivity index (χ0) is 14.5. The molecule has 0 aliphatic carbocycles. The molecule has 0 aromatic heterocycles. The minimum Gasteiger partial charge on any atom is -0.327 e. The molecule has 2 aromatic carbocycles. The van der Waals surface area contributed by atoms with Gasteiger partial charge >= 0.3 is 0 Å². The Morgan fingerprint density at radius 2 is 1.80 bits per heavy atom. The van der Waals surface area contributed by atoms with Crippen LogP contribution in [0.25, 0.3) is 0 Å². The molecule has 5 heteroatoms. The van der Waals surface area contributed by atoms with Crippen LogP contribution in [0, 0.1) is 5.82 Å². The van der Waals surface area contributed by atoms with E-state index < -0.39 is 0 Å². The fourth-order valence-corrected chi connectivity index (χ4v) is 2.95. The second-order valence-electron chi connectivity index (χ2n) is 4.44. The van der Waals surface area contributed by atoms with Crippen molar-refractivity contribution in [1.29, 1.82) is 0 Å². The first kappa shape index (κ1) is 15.6. The number of rotatable bonds is 5. The van der Waals surface area contributed by atoms with E-state index in [0.717, 1.165) is 4.90 Å². The van der Waals surface area contributed by atoms with Gasteiger partial charge in [-0.3, -0.25) is 0 Å². The van der Waals surface area contributed by atoms with Crippen LogP contribution in [0.2, 0.25) is 10.0 Å². The second kappa shape index (κ2) is 7.32. The molecule has 0 aliphatic heterocycles. The maximum Gasteiger partial charge on any atom is 0.145 e. The van der Waals surface area contributed by atoms with Crippen molar-refractivity contribution < 1.29 is 4.39 Å². The third-order valence-corrected chi connectivity index (χ3v) is 4.54. The molecule has 1 nitrogen and oxygen atoms in total. The Balaban J connectivity index is 1.91. The van der Waals surface area contributed by atoms with E-state index in [1.807, 2.05) is 24.3 Å². The SMILES string of the molecule is NC(CSc1ccc(Cl)cc1)Cc1cccc(Cl)c1F. The van der Waals surface area contributed by atoms with Gasteiger partial charge in [0.2, 0.25) is 0 Å². The Kier molecular flexibility index (Phi) is 5.73. The van der Waals surface area contributed by atoms with Crippen molar-refractivity contribution >= 4 is 35.0 Å². The molecule has 0 bridgehead atoms. The van der Waals surface area contributed by atoms with Crippen LogP contribution in [-0.4, -0.2) is 11.8 Å². The van der Waals surface area contributed by atoms with Crippen LogP contribution < -0.4 is 5.73 Å². The van der Waals surface area contributed by atoms with E-state index >= 15 is 0 Å². The van der Waals surface area contributed by atoms with E-state index in [1.165, 1.54) is 6.07 Å². The monoisotopic (exact) mass is 329 g/mol. The maximum absolute atomic E-state index is 13.8. The van der Waals surface area contributed by atoms with Crippen molar-refractivity contribution in [3.05, 3.63) is 63.9 Å². The smallest absolute Gasteiger partial charge is 0.145 e. The van der Waals surface area contributed by atoms with Gasteiger partial charge in [-0.15, -0.1) is 11.8 Å².